The molecule has 1 aliphatic rings. The Balaban J connectivity index is 1.80. The lowest BCUT2D eigenvalue weighted by molar-refractivity contribution is 0.0296. The van der Waals surface area contributed by atoms with E-state index in [1.165, 1.54) is 22.5 Å². The maximum atomic E-state index is 14.0. The van der Waals surface area contributed by atoms with Crippen LogP contribution in [0.4, 0.5) is 4.39 Å². The molecule has 0 radical (unpaired) electrons. The van der Waals surface area contributed by atoms with Gasteiger partial charge < -0.3 is 4.74 Å². The number of sulfonamides is 1. The lowest BCUT2D eigenvalue weighted by Crippen LogP contribution is -2.48. The van der Waals surface area contributed by atoms with Gasteiger partial charge in [-0.05, 0) is 25.0 Å². The third kappa shape index (κ3) is 3.61. The van der Waals surface area contributed by atoms with Crippen LogP contribution in [0.1, 0.15) is 12.1 Å². The van der Waals surface area contributed by atoms with E-state index in [1.807, 2.05) is 0 Å². The van der Waals surface area contributed by atoms with Crippen molar-refractivity contribution in [3.8, 4) is 0 Å². The predicted octanol–water partition coefficient (Wildman–Crippen LogP) is 1.64. The molecule has 0 spiro atoms. The average molecular weight is 351 g/mol. The SMILES string of the molecule is O=S(=O)(c1ccccc1F)N1CCOC[C@@H]1CCc1cnccn1. The molecular weight excluding hydrogens is 333 g/mol. The summed E-state index contributed by atoms with van der Waals surface area (Å²) in [6.45, 7) is 0.797. The fourth-order valence-electron chi connectivity index (χ4n) is 2.74. The zero-order valence-electron chi connectivity index (χ0n) is 13.0. The van der Waals surface area contributed by atoms with Crippen molar-refractivity contribution in [1.29, 1.82) is 0 Å². The highest BCUT2D eigenvalue weighted by Gasteiger charge is 2.35. The Morgan fingerprint density at radius 2 is 2.12 bits per heavy atom. The zero-order chi connectivity index (χ0) is 17.0. The van der Waals surface area contributed by atoms with Crippen LogP contribution in [-0.4, -0.2) is 48.5 Å². The molecule has 0 N–H and O–H groups in total. The van der Waals surface area contributed by atoms with Gasteiger partial charge >= 0.3 is 0 Å². The molecule has 0 amide bonds. The number of hydrogen-bond donors (Lipinski definition) is 0. The summed E-state index contributed by atoms with van der Waals surface area (Å²) >= 11 is 0. The van der Waals surface area contributed by atoms with E-state index in [0.29, 0.717) is 19.4 Å². The predicted molar refractivity (Wildman–Crippen MR) is 85.3 cm³/mol. The highest BCUT2D eigenvalue weighted by atomic mass is 32.2. The van der Waals surface area contributed by atoms with Crippen molar-refractivity contribution in [2.24, 2.45) is 0 Å². The minimum absolute atomic E-state index is 0.210. The number of rotatable bonds is 5. The van der Waals surface area contributed by atoms with Crippen LogP contribution in [0.5, 0.6) is 0 Å². The number of benzene rings is 1. The average Bonchev–Trinajstić information content (AvgIpc) is 2.61. The van der Waals surface area contributed by atoms with Crippen molar-refractivity contribution in [3.63, 3.8) is 0 Å². The van der Waals surface area contributed by atoms with E-state index in [-0.39, 0.29) is 24.1 Å². The first kappa shape index (κ1) is 16.9. The second-order valence-electron chi connectivity index (χ2n) is 5.51. The number of hydrogen-bond acceptors (Lipinski definition) is 5. The number of aryl methyl sites for hydroxylation is 1. The largest absolute Gasteiger partial charge is 0.378 e. The van der Waals surface area contributed by atoms with Crippen LogP contribution in [0.25, 0.3) is 0 Å². The summed E-state index contributed by atoms with van der Waals surface area (Å²) in [5, 5.41) is 0. The van der Waals surface area contributed by atoms with Crippen LogP contribution in [-0.2, 0) is 21.2 Å². The van der Waals surface area contributed by atoms with Gasteiger partial charge in [0.2, 0.25) is 10.0 Å². The summed E-state index contributed by atoms with van der Waals surface area (Å²) in [6.07, 6.45) is 5.94. The standard InChI is InChI=1S/C16H18FN3O3S/c17-15-3-1-2-4-16(15)24(21,22)20-9-10-23-12-14(20)6-5-13-11-18-7-8-19-13/h1-4,7-8,11,14H,5-6,9-10,12H2/t14-/m0/s1. The van der Waals surface area contributed by atoms with E-state index in [2.05, 4.69) is 9.97 Å². The molecule has 8 heteroatoms. The first-order valence-corrected chi connectivity index (χ1v) is 9.12. The van der Waals surface area contributed by atoms with Crippen LogP contribution in [0, 0.1) is 5.82 Å². The fourth-order valence-corrected chi connectivity index (χ4v) is 4.43. The Morgan fingerprint density at radius 3 is 2.88 bits per heavy atom. The van der Waals surface area contributed by atoms with Gasteiger partial charge in [0.05, 0.1) is 18.9 Å². The third-order valence-corrected chi connectivity index (χ3v) is 5.93. The number of morpholine rings is 1. The van der Waals surface area contributed by atoms with Crippen molar-refractivity contribution in [3.05, 3.63) is 54.4 Å². The molecule has 1 saturated heterocycles. The molecule has 0 unspecified atom stereocenters. The van der Waals surface area contributed by atoms with Crippen molar-refractivity contribution in [2.75, 3.05) is 19.8 Å². The van der Waals surface area contributed by atoms with Gasteiger partial charge in [0.1, 0.15) is 10.7 Å². The summed E-state index contributed by atoms with van der Waals surface area (Å²) in [7, 11) is -3.90. The molecule has 0 aliphatic carbocycles. The van der Waals surface area contributed by atoms with Gasteiger partial charge in [0, 0.05) is 31.2 Å². The van der Waals surface area contributed by atoms with Crippen molar-refractivity contribution >= 4 is 10.0 Å². The van der Waals surface area contributed by atoms with E-state index in [4.69, 9.17) is 4.74 Å². The van der Waals surface area contributed by atoms with Crippen molar-refractivity contribution < 1.29 is 17.5 Å². The lowest BCUT2D eigenvalue weighted by atomic mass is 10.1. The smallest absolute Gasteiger partial charge is 0.246 e. The molecule has 128 valence electrons. The van der Waals surface area contributed by atoms with E-state index in [1.54, 1.807) is 18.6 Å². The fraction of sp³-hybridized carbons (Fsp3) is 0.375. The minimum Gasteiger partial charge on any atom is -0.378 e. The van der Waals surface area contributed by atoms with Crippen LogP contribution >= 0.6 is 0 Å². The van der Waals surface area contributed by atoms with E-state index in [9.17, 15) is 12.8 Å². The van der Waals surface area contributed by atoms with Gasteiger partial charge in [0.15, 0.2) is 0 Å². The molecule has 1 fully saturated rings. The number of nitrogens with zero attached hydrogens (tertiary/aromatic N) is 3. The van der Waals surface area contributed by atoms with Gasteiger partial charge in [-0.2, -0.15) is 4.31 Å². The van der Waals surface area contributed by atoms with Gasteiger partial charge in [-0.3, -0.25) is 9.97 Å². The molecule has 1 aromatic heterocycles. The van der Waals surface area contributed by atoms with E-state index < -0.39 is 15.8 Å². The topological polar surface area (TPSA) is 72.4 Å². The van der Waals surface area contributed by atoms with Crippen molar-refractivity contribution in [1.82, 2.24) is 14.3 Å². The minimum atomic E-state index is -3.90. The lowest BCUT2D eigenvalue weighted by Gasteiger charge is -2.34. The Morgan fingerprint density at radius 1 is 1.29 bits per heavy atom. The van der Waals surface area contributed by atoms with E-state index in [0.717, 1.165) is 11.8 Å². The molecule has 0 saturated carbocycles. The summed E-state index contributed by atoms with van der Waals surface area (Å²) in [5.41, 5.74) is 0.784. The Hall–Kier alpha value is -1.90. The summed E-state index contributed by atoms with van der Waals surface area (Å²) in [5.74, 6) is -0.739. The molecule has 1 atom stereocenters. The summed E-state index contributed by atoms with van der Waals surface area (Å²) in [4.78, 5) is 7.90. The molecule has 1 aliphatic heterocycles. The van der Waals surface area contributed by atoms with Crippen LogP contribution in [0.15, 0.2) is 47.8 Å². The maximum Gasteiger partial charge on any atom is 0.246 e. The quantitative estimate of drug-likeness (QED) is 0.819. The first-order chi connectivity index (χ1) is 11.6. The van der Waals surface area contributed by atoms with Gasteiger partial charge in [-0.1, -0.05) is 12.1 Å². The van der Waals surface area contributed by atoms with Crippen LogP contribution in [0.3, 0.4) is 0 Å². The van der Waals surface area contributed by atoms with Crippen LogP contribution < -0.4 is 0 Å². The molecule has 2 heterocycles. The van der Waals surface area contributed by atoms with Crippen LogP contribution in [0.2, 0.25) is 0 Å². The highest BCUT2D eigenvalue weighted by molar-refractivity contribution is 7.89. The van der Waals surface area contributed by atoms with Gasteiger partial charge in [-0.25, -0.2) is 12.8 Å². The number of aromatic nitrogens is 2. The summed E-state index contributed by atoms with van der Waals surface area (Å²) in [6, 6.07) is 5.08. The molecule has 3 rings (SSSR count). The first-order valence-electron chi connectivity index (χ1n) is 7.68. The number of halogens is 1. The monoisotopic (exact) mass is 351 g/mol. The Labute approximate surface area is 140 Å². The third-order valence-electron chi connectivity index (χ3n) is 3.95. The van der Waals surface area contributed by atoms with Gasteiger partial charge in [0.25, 0.3) is 0 Å². The van der Waals surface area contributed by atoms with Crippen molar-refractivity contribution in [2.45, 2.75) is 23.8 Å². The molecule has 24 heavy (non-hydrogen) atoms. The molecule has 0 bridgehead atoms. The van der Waals surface area contributed by atoms with E-state index >= 15 is 0 Å². The highest BCUT2D eigenvalue weighted by Crippen LogP contribution is 2.24. The molecular formula is C16H18FN3O3S. The molecule has 2 aromatic rings. The molecule has 1 aromatic carbocycles. The number of ether oxygens (including phenoxy) is 1. The molecule has 6 nitrogen and oxygen atoms in total. The Bertz CT molecular complexity index is 786. The summed E-state index contributed by atoms with van der Waals surface area (Å²) < 4.78 is 46.4. The Kier molecular flexibility index (Phi) is 5.17. The second-order valence-corrected chi connectivity index (χ2v) is 7.37. The van der Waals surface area contributed by atoms with Gasteiger partial charge in [-0.15, -0.1) is 0 Å². The second kappa shape index (κ2) is 7.33. The maximum absolute atomic E-state index is 14.0. The normalized spacial score (nSPS) is 19.3. The zero-order valence-corrected chi connectivity index (χ0v) is 13.8.